The predicted octanol–water partition coefficient (Wildman–Crippen LogP) is 3.47. The molecule has 0 fully saturated rings. The number of hydrogen-bond acceptors (Lipinski definition) is 2. The molecule has 0 saturated carbocycles. The Bertz CT molecular complexity index is 384. The number of carbonyl (C=O) groups excluding carboxylic acids is 1. The molecule has 1 aromatic heterocycles. The van der Waals surface area contributed by atoms with Crippen molar-refractivity contribution in [2.45, 2.75) is 13.3 Å². The van der Waals surface area contributed by atoms with Gasteiger partial charge in [-0.15, -0.1) is 0 Å². The Morgan fingerprint density at radius 3 is 2.64 bits per heavy atom. The second kappa shape index (κ2) is 4.31. The Morgan fingerprint density at radius 1 is 1.64 bits per heavy atom. The van der Waals surface area contributed by atoms with Gasteiger partial charge in [-0.3, -0.25) is 9.78 Å². The minimum absolute atomic E-state index is 0.0139. The SMILES string of the molecule is Cc1ncc(C(=O)Cl)c(Br)c1C(F)F. The van der Waals surface area contributed by atoms with Crippen LogP contribution in [0.4, 0.5) is 8.78 Å². The van der Waals surface area contributed by atoms with Crippen LogP contribution < -0.4 is 0 Å². The van der Waals surface area contributed by atoms with Crippen molar-refractivity contribution in [3.63, 3.8) is 0 Å². The maximum atomic E-state index is 12.5. The van der Waals surface area contributed by atoms with Crippen molar-refractivity contribution in [3.05, 3.63) is 27.5 Å². The van der Waals surface area contributed by atoms with Gasteiger partial charge < -0.3 is 0 Å². The molecular formula is C8H5BrClF2NO. The van der Waals surface area contributed by atoms with Crippen LogP contribution in [0.3, 0.4) is 0 Å². The van der Waals surface area contributed by atoms with Crippen molar-refractivity contribution < 1.29 is 13.6 Å². The smallest absolute Gasteiger partial charge is 0.266 e. The standard InChI is InChI=1S/C8H5BrClF2NO/c1-3-5(8(11)12)6(9)4(2-13-3)7(10)14/h2,8H,1H3. The van der Waals surface area contributed by atoms with Gasteiger partial charge in [-0.05, 0) is 34.5 Å². The number of carbonyl (C=O) groups is 1. The average molecular weight is 284 g/mol. The predicted molar refractivity (Wildman–Crippen MR) is 51.8 cm³/mol. The first-order valence-electron chi connectivity index (χ1n) is 3.58. The lowest BCUT2D eigenvalue weighted by Gasteiger charge is -2.08. The largest absolute Gasteiger partial charge is 0.276 e. The maximum absolute atomic E-state index is 12.5. The lowest BCUT2D eigenvalue weighted by atomic mass is 10.1. The van der Waals surface area contributed by atoms with Crippen LogP contribution in [0.1, 0.15) is 28.0 Å². The van der Waals surface area contributed by atoms with E-state index in [-0.39, 0.29) is 21.3 Å². The molecule has 76 valence electrons. The minimum Gasteiger partial charge on any atom is -0.276 e. The summed E-state index contributed by atoms with van der Waals surface area (Å²) in [5.74, 6) is 0. The third-order valence-electron chi connectivity index (χ3n) is 1.68. The number of halogens is 4. The Kier molecular flexibility index (Phi) is 3.55. The number of nitrogens with zero attached hydrogens (tertiary/aromatic N) is 1. The van der Waals surface area contributed by atoms with Crippen LogP contribution in [0.25, 0.3) is 0 Å². The second-order valence-electron chi connectivity index (χ2n) is 2.56. The second-order valence-corrected chi connectivity index (χ2v) is 3.70. The first-order valence-corrected chi connectivity index (χ1v) is 4.75. The monoisotopic (exact) mass is 283 g/mol. The van der Waals surface area contributed by atoms with Gasteiger partial charge in [-0.25, -0.2) is 8.78 Å². The van der Waals surface area contributed by atoms with E-state index in [4.69, 9.17) is 11.6 Å². The fraction of sp³-hybridized carbons (Fsp3) is 0.250. The molecule has 0 amide bonds. The summed E-state index contributed by atoms with van der Waals surface area (Å²) in [6.45, 7) is 1.44. The lowest BCUT2D eigenvalue weighted by molar-refractivity contribution is 0.107. The topological polar surface area (TPSA) is 30.0 Å². The zero-order chi connectivity index (χ0) is 10.9. The van der Waals surface area contributed by atoms with E-state index in [1.807, 2.05) is 0 Å². The fourth-order valence-corrected chi connectivity index (χ4v) is 1.98. The highest BCUT2D eigenvalue weighted by Crippen LogP contribution is 2.32. The van der Waals surface area contributed by atoms with Crippen molar-refractivity contribution >= 4 is 32.8 Å². The number of alkyl halides is 2. The van der Waals surface area contributed by atoms with E-state index in [1.165, 1.54) is 13.1 Å². The van der Waals surface area contributed by atoms with Gasteiger partial charge in [0, 0.05) is 16.4 Å². The van der Waals surface area contributed by atoms with Crippen LogP contribution >= 0.6 is 27.5 Å². The Morgan fingerprint density at radius 2 is 2.21 bits per heavy atom. The third-order valence-corrected chi connectivity index (χ3v) is 2.74. The quantitative estimate of drug-likeness (QED) is 0.778. The number of aryl methyl sites for hydroxylation is 1. The summed E-state index contributed by atoms with van der Waals surface area (Å²) < 4.78 is 25.0. The van der Waals surface area contributed by atoms with E-state index in [9.17, 15) is 13.6 Å². The molecule has 0 aliphatic heterocycles. The van der Waals surface area contributed by atoms with Gasteiger partial charge in [0.2, 0.25) is 0 Å². The number of aromatic nitrogens is 1. The van der Waals surface area contributed by atoms with E-state index in [0.29, 0.717) is 0 Å². The molecule has 2 nitrogen and oxygen atoms in total. The molecule has 0 saturated heterocycles. The van der Waals surface area contributed by atoms with Gasteiger partial charge in [0.1, 0.15) is 0 Å². The van der Waals surface area contributed by atoms with Gasteiger partial charge in [0.05, 0.1) is 11.1 Å². The van der Waals surface area contributed by atoms with E-state index >= 15 is 0 Å². The van der Waals surface area contributed by atoms with Crippen molar-refractivity contribution in [3.8, 4) is 0 Å². The van der Waals surface area contributed by atoms with Crippen LogP contribution in [0.15, 0.2) is 10.7 Å². The zero-order valence-electron chi connectivity index (χ0n) is 7.02. The van der Waals surface area contributed by atoms with Crippen LogP contribution in [-0.4, -0.2) is 10.2 Å². The number of pyridine rings is 1. The van der Waals surface area contributed by atoms with E-state index in [2.05, 4.69) is 20.9 Å². The molecule has 0 spiro atoms. The first-order chi connectivity index (χ1) is 6.45. The molecule has 0 radical (unpaired) electrons. The van der Waals surface area contributed by atoms with E-state index in [1.54, 1.807) is 0 Å². The molecule has 0 atom stereocenters. The van der Waals surface area contributed by atoms with Crippen molar-refractivity contribution in [1.29, 1.82) is 0 Å². The van der Waals surface area contributed by atoms with Crippen molar-refractivity contribution in [2.75, 3.05) is 0 Å². The summed E-state index contributed by atoms with van der Waals surface area (Å²) in [5, 5.41) is -0.814. The normalized spacial score (nSPS) is 10.7. The van der Waals surface area contributed by atoms with Crippen molar-refractivity contribution in [2.24, 2.45) is 0 Å². The zero-order valence-corrected chi connectivity index (χ0v) is 9.36. The highest BCUT2D eigenvalue weighted by atomic mass is 79.9. The van der Waals surface area contributed by atoms with E-state index in [0.717, 1.165) is 0 Å². The summed E-state index contributed by atoms with van der Waals surface area (Å²) in [4.78, 5) is 14.5. The molecule has 0 aliphatic rings. The molecule has 0 aliphatic carbocycles. The van der Waals surface area contributed by atoms with Crippen molar-refractivity contribution in [1.82, 2.24) is 4.98 Å². The lowest BCUT2D eigenvalue weighted by Crippen LogP contribution is -2.01. The Labute approximate surface area is 92.4 Å². The molecule has 6 heteroatoms. The first kappa shape index (κ1) is 11.5. The molecule has 0 unspecified atom stereocenters. The van der Waals surface area contributed by atoms with Gasteiger partial charge in [0.25, 0.3) is 11.7 Å². The van der Waals surface area contributed by atoms with Gasteiger partial charge >= 0.3 is 0 Å². The van der Waals surface area contributed by atoms with Crippen LogP contribution in [0, 0.1) is 6.92 Å². The summed E-state index contributed by atoms with van der Waals surface area (Å²) in [6.07, 6.45) is -1.52. The minimum atomic E-state index is -2.69. The Hall–Kier alpha value is -0.550. The van der Waals surface area contributed by atoms with Crippen LogP contribution in [0.2, 0.25) is 0 Å². The molecule has 0 aromatic carbocycles. The highest BCUT2D eigenvalue weighted by molar-refractivity contribution is 9.10. The molecule has 14 heavy (non-hydrogen) atoms. The van der Waals surface area contributed by atoms with Crippen LogP contribution in [0.5, 0.6) is 0 Å². The highest BCUT2D eigenvalue weighted by Gasteiger charge is 2.20. The fourth-order valence-electron chi connectivity index (χ4n) is 0.982. The molecule has 0 N–H and O–H groups in total. The summed E-state index contributed by atoms with van der Waals surface area (Å²) in [6, 6.07) is 0. The van der Waals surface area contributed by atoms with E-state index < -0.39 is 11.7 Å². The molecule has 1 rings (SSSR count). The molecule has 0 bridgehead atoms. The summed E-state index contributed by atoms with van der Waals surface area (Å²) >= 11 is 8.09. The van der Waals surface area contributed by atoms with Gasteiger partial charge in [-0.1, -0.05) is 0 Å². The average Bonchev–Trinajstić information content (AvgIpc) is 2.02. The summed E-state index contributed by atoms with van der Waals surface area (Å²) in [5.41, 5.74) is -0.169. The Balaban J connectivity index is 3.41. The number of hydrogen-bond donors (Lipinski definition) is 0. The number of rotatable bonds is 2. The van der Waals surface area contributed by atoms with Gasteiger partial charge in [0.15, 0.2) is 0 Å². The third kappa shape index (κ3) is 2.09. The maximum Gasteiger partial charge on any atom is 0.266 e. The van der Waals surface area contributed by atoms with Crippen LogP contribution in [-0.2, 0) is 0 Å². The molecular weight excluding hydrogens is 279 g/mol. The summed E-state index contributed by atoms with van der Waals surface area (Å²) in [7, 11) is 0. The molecule has 1 aromatic rings. The molecule has 1 heterocycles. The van der Waals surface area contributed by atoms with Gasteiger partial charge in [-0.2, -0.15) is 0 Å².